The van der Waals surface area contributed by atoms with Gasteiger partial charge in [0.25, 0.3) is 0 Å². The van der Waals surface area contributed by atoms with E-state index in [4.69, 9.17) is 4.74 Å². The second kappa shape index (κ2) is 10.8. The lowest BCUT2D eigenvalue weighted by atomic mass is 10.2. The molecule has 1 aliphatic rings. The first-order valence-electron chi connectivity index (χ1n) is 8.74. The number of rotatable bonds is 8. The van der Waals surface area contributed by atoms with Gasteiger partial charge in [0.15, 0.2) is 5.96 Å². The molecule has 1 saturated heterocycles. The molecule has 1 rings (SSSR count). The molecule has 1 heterocycles. The van der Waals surface area contributed by atoms with Crippen LogP contribution in [-0.2, 0) is 4.74 Å². The average Bonchev–Trinajstić information content (AvgIpc) is 2.56. The lowest BCUT2D eigenvalue weighted by Crippen LogP contribution is -2.56. The van der Waals surface area contributed by atoms with Gasteiger partial charge in [-0.25, -0.2) is 0 Å². The molecule has 0 saturated carbocycles. The molecular formula is C16H31F3N4O. The van der Waals surface area contributed by atoms with Crippen LogP contribution < -0.4 is 5.32 Å². The van der Waals surface area contributed by atoms with Crippen LogP contribution in [0, 0.1) is 0 Å². The lowest BCUT2D eigenvalue weighted by Gasteiger charge is -2.39. The van der Waals surface area contributed by atoms with Crippen LogP contribution in [-0.4, -0.2) is 81.0 Å². The molecule has 0 aromatic heterocycles. The van der Waals surface area contributed by atoms with Crippen LogP contribution in [0.25, 0.3) is 0 Å². The monoisotopic (exact) mass is 352 g/mol. The van der Waals surface area contributed by atoms with Crippen molar-refractivity contribution in [3.05, 3.63) is 0 Å². The van der Waals surface area contributed by atoms with Crippen molar-refractivity contribution >= 4 is 5.96 Å². The summed E-state index contributed by atoms with van der Waals surface area (Å²) in [5, 5.41) is 3.26. The van der Waals surface area contributed by atoms with Crippen molar-refractivity contribution in [1.29, 1.82) is 0 Å². The van der Waals surface area contributed by atoms with Crippen molar-refractivity contribution in [3.8, 4) is 0 Å². The Labute approximate surface area is 143 Å². The Kier molecular flexibility index (Phi) is 9.43. The number of nitrogens with zero attached hydrogens (tertiary/aromatic N) is 3. The van der Waals surface area contributed by atoms with Crippen LogP contribution in [0.2, 0.25) is 0 Å². The fraction of sp³-hybridized carbons (Fsp3) is 0.938. The Morgan fingerprint density at radius 1 is 1.17 bits per heavy atom. The van der Waals surface area contributed by atoms with Crippen LogP contribution in [0.5, 0.6) is 0 Å². The number of alkyl halides is 3. The van der Waals surface area contributed by atoms with Crippen LogP contribution in [0.3, 0.4) is 0 Å². The van der Waals surface area contributed by atoms with E-state index in [1.165, 1.54) is 11.8 Å². The normalized spacial score (nSPS) is 18.8. The van der Waals surface area contributed by atoms with E-state index in [0.29, 0.717) is 32.8 Å². The molecule has 0 amide bonds. The maximum absolute atomic E-state index is 12.8. The van der Waals surface area contributed by atoms with E-state index in [1.807, 2.05) is 4.90 Å². The minimum atomic E-state index is -4.17. The number of nitrogens with one attached hydrogen (secondary N) is 1. The molecule has 1 atom stereocenters. The molecule has 8 heteroatoms. The minimum Gasteiger partial charge on any atom is -0.381 e. The van der Waals surface area contributed by atoms with E-state index >= 15 is 0 Å². The topological polar surface area (TPSA) is 40.1 Å². The number of piperazine rings is 1. The molecule has 0 aromatic carbocycles. The fourth-order valence-corrected chi connectivity index (χ4v) is 2.58. The third-order valence-electron chi connectivity index (χ3n) is 4.24. The molecule has 0 aliphatic carbocycles. The molecule has 0 spiro atoms. The third-order valence-corrected chi connectivity index (χ3v) is 4.24. The highest BCUT2D eigenvalue weighted by Gasteiger charge is 2.40. The summed E-state index contributed by atoms with van der Waals surface area (Å²) in [6.07, 6.45) is -1.08. The van der Waals surface area contributed by atoms with E-state index in [1.54, 1.807) is 7.05 Å². The van der Waals surface area contributed by atoms with E-state index < -0.39 is 12.2 Å². The van der Waals surface area contributed by atoms with Crippen LogP contribution >= 0.6 is 0 Å². The van der Waals surface area contributed by atoms with E-state index in [2.05, 4.69) is 17.2 Å². The zero-order valence-electron chi connectivity index (χ0n) is 15.0. The minimum absolute atomic E-state index is 0.390. The Hall–Kier alpha value is -1.02. The Bertz CT molecular complexity index is 369. The number of hydrogen-bond donors (Lipinski definition) is 1. The average molecular weight is 352 g/mol. The first-order valence-corrected chi connectivity index (χ1v) is 8.74. The van der Waals surface area contributed by atoms with Crippen LogP contribution in [0.4, 0.5) is 13.2 Å². The highest BCUT2D eigenvalue weighted by atomic mass is 19.4. The number of aliphatic imine (C=N–C) groups is 1. The zero-order valence-corrected chi connectivity index (χ0v) is 15.0. The number of guanidine groups is 1. The number of hydrogen-bond acceptors (Lipinski definition) is 3. The van der Waals surface area contributed by atoms with E-state index in [-0.39, 0.29) is 0 Å². The fourth-order valence-electron chi connectivity index (χ4n) is 2.58. The molecule has 142 valence electrons. The van der Waals surface area contributed by atoms with Gasteiger partial charge >= 0.3 is 6.18 Å². The second-order valence-corrected chi connectivity index (χ2v) is 6.03. The summed E-state index contributed by atoms with van der Waals surface area (Å²) in [5.74, 6) is 0.753. The van der Waals surface area contributed by atoms with Crippen molar-refractivity contribution in [3.63, 3.8) is 0 Å². The summed E-state index contributed by atoms with van der Waals surface area (Å²) in [7, 11) is 1.70. The quantitative estimate of drug-likeness (QED) is 0.414. The standard InChI is InChI=1S/C16H31F3N4O/c1-4-5-12-24-13-6-7-21-15(20-3)23-10-8-22(9-11-23)14(2)16(17,18)19/h14H,4-13H2,1-3H3,(H,20,21). The molecular weight excluding hydrogens is 321 g/mol. The van der Waals surface area contributed by atoms with Gasteiger partial charge in [0.1, 0.15) is 6.04 Å². The van der Waals surface area contributed by atoms with Crippen molar-refractivity contribution < 1.29 is 17.9 Å². The van der Waals surface area contributed by atoms with Gasteiger partial charge in [0.2, 0.25) is 0 Å². The van der Waals surface area contributed by atoms with Crippen molar-refractivity contribution in [2.24, 2.45) is 4.99 Å². The van der Waals surface area contributed by atoms with Gasteiger partial charge in [0, 0.05) is 53.0 Å². The maximum Gasteiger partial charge on any atom is 0.403 e. The summed E-state index contributed by atoms with van der Waals surface area (Å²) in [4.78, 5) is 7.72. The SMILES string of the molecule is CCCCOCCCNC(=NC)N1CCN(C(C)C(F)(F)F)CC1. The summed E-state index contributed by atoms with van der Waals surface area (Å²) < 4.78 is 43.8. The maximum atomic E-state index is 12.8. The van der Waals surface area contributed by atoms with Crippen LogP contribution in [0.15, 0.2) is 4.99 Å². The first kappa shape index (κ1) is 21.0. The van der Waals surface area contributed by atoms with Crippen molar-refractivity contribution in [2.45, 2.75) is 45.3 Å². The predicted octanol–water partition coefficient (Wildman–Crippen LogP) is 2.34. The Morgan fingerprint density at radius 2 is 1.79 bits per heavy atom. The summed E-state index contributed by atoms with van der Waals surface area (Å²) >= 11 is 0. The molecule has 1 N–H and O–H groups in total. The second-order valence-electron chi connectivity index (χ2n) is 6.03. The van der Waals surface area contributed by atoms with Crippen LogP contribution in [0.1, 0.15) is 33.1 Å². The van der Waals surface area contributed by atoms with Crippen molar-refractivity contribution in [1.82, 2.24) is 15.1 Å². The molecule has 0 radical (unpaired) electrons. The molecule has 24 heavy (non-hydrogen) atoms. The van der Waals surface area contributed by atoms with Gasteiger partial charge in [0.05, 0.1) is 0 Å². The zero-order chi connectivity index (χ0) is 18.0. The van der Waals surface area contributed by atoms with Crippen molar-refractivity contribution in [2.75, 3.05) is 53.0 Å². The predicted molar refractivity (Wildman–Crippen MR) is 90.4 cm³/mol. The van der Waals surface area contributed by atoms with Gasteiger partial charge < -0.3 is 15.0 Å². The smallest absolute Gasteiger partial charge is 0.381 e. The van der Waals surface area contributed by atoms with Gasteiger partial charge in [-0.15, -0.1) is 0 Å². The van der Waals surface area contributed by atoms with Gasteiger partial charge in [-0.2, -0.15) is 13.2 Å². The Morgan fingerprint density at radius 3 is 2.33 bits per heavy atom. The molecule has 0 aromatic rings. The third kappa shape index (κ3) is 7.25. The summed E-state index contributed by atoms with van der Waals surface area (Å²) in [5.41, 5.74) is 0. The van der Waals surface area contributed by atoms with E-state index in [9.17, 15) is 13.2 Å². The van der Waals surface area contributed by atoms with Gasteiger partial charge in [-0.1, -0.05) is 13.3 Å². The first-order chi connectivity index (χ1) is 11.4. The summed E-state index contributed by atoms with van der Waals surface area (Å²) in [6, 6.07) is -1.39. The molecule has 0 bridgehead atoms. The van der Waals surface area contributed by atoms with Gasteiger partial charge in [-0.05, 0) is 19.8 Å². The highest BCUT2D eigenvalue weighted by molar-refractivity contribution is 5.79. The highest BCUT2D eigenvalue weighted by Crippen LogP contribution is 2.25. The summed E-state index contributed by atoms with van der Waals surface area (Å²) in [6.45, 7) is 7.48. The van der Waals surface area contributed by atoms with Gasteiger partial charge in [-0.3, -0.25) is 9.89 Å². The number of unbranched alkanes of at least 4 members (excludes halogenated alkanes) is 1. The number of halogens is 3. The Balaban J connectivity index is 2.26. The molecule has 5 nitrogen and oxygen atoms in total. The van der Waals surface area contributed by atoms with E-state index in [0.717, 1.165) is 38.4 Å². The molecule has 1 fully saturated rings. The molecule has 1 unspecified atom stereocenters. The largest absolute Gasteiger partial charge is 0.403 e. The number of ether oxygens (including phenoxy) is 1. The molecule has 1 aliphatic heterocycles. The lowest BCUT2D eigenvalue weighted by molar-refractivity contribution is -0.181.